The van der Waals surface area contributed by atoms with Gasteiger partial charge in [0.05, 0.1) is 26.1 Å². The number of primary amides is 1. The molecule has 0 bridgehead atoms. The second-order valence-corrected chi connectivity index (χ2v) is 9.72. The Bertz CT molecular complexity index is 1010. The first-order valence-electron chi connectivity index (χ1n) is 12.4. The zero-order chi connectivity index (χ0) is 29.0. The van der Waals surface area contributed by atoms with Gasteiger partial charge in [0.25, 0.3) is 0 Å². The van der Waals surface area contributed by atoms with Gasteiger partial charge < -0.3 is 35.8 Å². The van der Waals surface area contributed by atoms with E-state index in [-0.39, 0.29) is 26.1 Å². The third-order valence-electron chi connectivity index (χ3n) is 5.36. The number of rotatable bonds is 13. The summed E-state index contributed by atoms with van der Waals surface area (Å²) in [7, 11) is 0. The molecule has 212 valence electrons. The lowest BCUT2D eigenvalue weighted by molar-refractivity contribution is -0.145. The fourth-order valence-electron chi connectivity index (χ4n) is 3.55. The highest BCUT2D eigenvalue weighted by molar-refractivity contribution is 5.94. The van der Waals surface area contributed by atoms with Gasteiger partial charge in [-0.3, -0.25) is 19.2 Å². The van der Waals surface area contributed by atoms with Gasteiger partial charge in [-0.15, -0.1) is 0 Å². The Morgan fingerprint density at radius 2 is 1.76 bits per heavy atom. The van der Waals surface area contributed by atoms with Crippen molar-refractivity contribution in [2.75, 3.05) is 26.3 Å². The minimum absolute atomic E-state index is 0.0545. The van der Waals surface area contributed by atoms with Crippen molar-refractivity contribution in [2.45, 2.75) is 72.1 Å². The molecule has 0 fully saturated rings. The number of nitrogens with zero attached hydrogens (tertiary/aromatic N) is 1. The quantitative estimate of drug-likeness (QED) is 0.270. The minimum Gasteiger partial charge on any atom is -0.466 e. The summed E-state index contributed by atoms with van der Waals surface area (Å²) >= 11 is 0. The fourth-order valence-corrected chi connectivity index (χ4v) is 3.55. The maximum absolute atomic E-state index is 13.7. The lowest BCUT2D eigenvalue weighted by atomic mass is 9.98. The summed E-state index contributed by atoms with van der Waals surface area (Å²) in [4.78, 5) is 64.1. The number of ether oxygens (including phenoxy) is 2. The molecule has 4 amide bonds. The third-order valence-corrected chi connectivity index (χ3v) is 5.36. The number of aryl methyl sites for hydroxylation is 2. The van der Waals surface area contributed by atoms with Crippen LogP contribution < -0.4 is 16.4 Å². The number of aliphatic hydroxyl groups excluding tert-OH is 1. The molecule has 1 aromatic carbocycles. The molecule has 38 heavy (non-hydrogen) atoms. The van der Waals surface area contributed by atoms with Gasteiger partial charge in [0.15, 0.2) is 0 Å². The summed E-state index contributed by atoms with van der Waals surface area (Å²) in [6, 6.07) is 2.46. The van der Waals surface area contributed by atoms with Crippen LogP contribution in [0.15, 0.2) is 18.2 Å². The van der Waals surface area contributed by atoms with Crippen LogP contribution in [0, 0.1) is 13.8 Å². The van der Waals surface area contributed by atoms with Crippen LogP contribution in [-0.4, -0.2) is 77.7 Å². The van der Waals surface area contributed by atoms with E-state index in [1.807, 2.05) is 13.8 Å². The summed E-state index contributed by atoms with van der Waals surface area (Å²) in [5.41, 5.74) is 6.69. The van der Waals surface area contributed by atoms with Crippen LogP contribution in [0.4, 0.5) is 4.79 Å². The maximum Gasteiger partial charge on any atom is 0.408 e. The Labute approximate surface area is 223 Å². The fraction of sp³-hybridized carbons (Fsp3) is 0.577. The normalized spacial score (nSPS) is 12.6. The van der Waals surface area contributed by atoms with Crippen LogP contribution in [0.3, 0.4) is 0 Å². The summed E-state index contributed by atoms with van der Waals surface area (Å²) in [5, 5.41) is 14.8. The molecular weight excluding hydrogens is 496 g/mol. The van der Waals surface area contributed by atoms with Crippen LogP contribution in [0.5, 0.6) is 0 Å². The minimum atomic E-state index is -1.46. The highest BCUT2D eigenvalue weighted by Gasteiger charge is 2.37. The zero-order valence-corrected chi connectivity index (χ0v) is 23.0. The number of nitrogens with one attached hydrogen (secondary N) is 2. The molecule has 2 unspecified atom stereocenters. The molecule has 1 aromatic rings. The molecule has 1 rings (SSSR count). The predicted octanol–water partition coefficient (Wildman–Crippen LogP) is 1.00. The van der Waals surface area contributed by atoms with Crippen molar-refractivity contribution in [1.82, 2.24) is 15.5 Å². The van der Waals surface area contributed by atoms with Crippen LogP contribution in [0.2, 0.25) is 0 Å². The molecule has 2 atom stereocenters. The van der Waals surface area contributed by atoms with Crippen molar-refractivity contribution in [3.63, 3.8) is 0 Å². The first kappa shape index (κ1) is 32.4. The molecule has 0 aromatic heterocycles. The lowest BCUT2D eigenvalue weighted by Crippen LogP contribution is -2.54. The van der Waals surface area contributed by atoms with Gasteiger partial charge in [0.1, 0.15) is 17.7 Å². The van der Waals surface area contributed by atoms with Gasteiger partial charge in [-0.2, -0.15) is 0 Å². The lowest BCUT2D eigenvalue weighted by Gasteiger charge is -2.34. The van der Waals surface area contributed by atoms with E-state index in [9.17, 15) is 29.1 Å². The predicted molar refractivity (Wildman–Crippen MR) is 139 cm³/mol. The van der Waals surface area contributed by atoms with Crippen LogP contribution >= 0.6 is 0 Å². The van der Waals surface area contributed by atoms with E-state index >= 15 is 0 Å². The SMILES string of the molecule is CCOC(=O)CCNC(=O)C(c1ccc(C)c(C)c1)N(CCO)C(=O)C(CC(N)=O)NC(=O)OC(C)(C)C. The molecule has 5 N–H and O–H groups in total. The van der Waals surface area contributed by atoms with Crippen LogP contribution in [-0.2, 0) is 28.7 Å². The molecule has 12 heteroatoms. The van der Waals surface area contributed by atoms with Gasteiger partial charge in [-0.1, -0.05) is 18.2 Å². The molecule has 12 nitrogen and oxygen atoms in total. The molecule has 0 aliphatic heterocycles. The molecule has 0 spiro atoms. The van der Waals surface area contributed by atoms with E-state index in [4.69, 9.17) is 15.2 Å². The first-order chi connectivity index (χ1) is 17.7. The van der Waals surface area contributed by atoms with Gasteiger partial charge in [-0.25, -0.2) is 4.79 Å². The van der Waals surface area contributed by atoms with Gasteiger partial charge in [0.2, 0.25) is 17.7 Å². The van der Waals surface area contributed by atoms with Gasteiger partial charge >= 0.3 is 12.1 Å². The maximum atomic E-state index is 13.7. The Hall–Kier alpha value is -3.67. The first-order valence-corrected chi connectivity index (χ1v) is 12.4. The van der Waals surface area contributed by atoms with Crippen molar-refractivity contribution in [3.05, 3.63) is 34.9 Å². The standard InChI is InChI=1S/C26H40N4O8/c1-7-37-21(33)10-11-28-23(34)22(18-9-8-16(2)17(3)14-18)30(12-13-31)24(35)19(15-20(27)32)29-25(36)38-26(4,5)6/h8-9,14,19,22,31H,7,10-13,15H2,1-6H3,(H2,27,32)(H,28,34)(H,29,36). The molecular formula is C26H40N4O8. The molecule has 0 saturated carbocycles. The number of amides is 4. The number of hydrogen-bond acceptors (Lipinski definition) is 8. The average Bonchev–Trinajstić information content (AvgIpc) is 2.78. The molecule has 0 radical (unpaired) electrons. The summed E-state index contributed by atoms with van der Waals surface area (Å²) in [5.74, 6) is -2.83. The van der Waals surface area contributed by atoms with Crippen molar-refractivity contribution in [1.29, 1.82) is 0 Å². The molecule has 0 saturated heterocycles. The summed E-state index contributed by atoms with van der Waals surface area (Å²) < 4.78 is 10.1. The number of esters is 1. The van der Waals surface area contributed by atoms with Crippen molar-refractivity contribution < 1.29 is 38.6 Å². The summed E-state index contributed by atoms with van der Waals surface area (Å²) in [6.07, 6.45) is -1.61. The second kappa shape index (κ2) is 14.9. The number of benzene rings is 1. The largest absolute Gasteiger partial charge is 0.466 e. The topological polar surface area (TPSA) is 177 Å². The highest BCUT2D eigenvalue weighted by Crippen LogP contribution is 2.25. The number of hydrogen-bond donors (Lipinski definition) is 4. The molecule has 0 aliphatic carbocycles. The van der Waals surface area contributed by atoms with Gasteiger partial charge in [-0.05, 0) is 58.2 Å². The number of carbonyl (C=O) groups is 5. The van der Waals surface area contributed by atoms with E-state index in [1.54, 1.807) is 45.9 Å². The highest BCUT2D eigenvalue weighted by atomic mass is 16.6. The van der Waals surface area contributed by atoms with Crippen LogP contribution in [0.25, 0.3) is 0 Å². The van der Waals surface area contributed by atoms with E-state index in [0.29, 0.717) is 5.56 Å². The molecule has 0 heterocycles. The summed E-state index contributed by atoms with van der Waals surface area (Å²) in [6.45, 7) is 9.61. The number of carbonyl (C=O) groups excluding carboxylic acids is 5. The second-order valence-electron chi connectivity index (χ2n) is 9.72. The zero-order valence-electron chi connectivity index (χ0n) is 23.0. The number of alkyl carbamates (subject to hydrolysis) is 1. The Morgan fingerprint density at radius 1 is 1.11 bits per heavy atom. The third kappa shape index (κ3) is 10.8. The Kier molecular flexibility index (Phi) is 12.7. The van der Waals surface area contributed by atoms with E-state index < -0.39 is 60.5 Å². The molecule has 0 aliphatic rings. The number of aliphatic hydroxyl groups is 1. The van der Waals surface area contributed by atoms with E-state index in [0.717, 1.165) is 16.0 Å². The van der Waals surface area contributed by atoms with Crippen molar-refractivity contribution in [2.24, 2.45) is 5.73 Å². The van der Waals surface area contributed by atoms with Gasteiger partial charge in [0, 0.05) is 13.1 Å². The Balaban J connectivity index is 3.41. The smallest absolute Gasteiger partial charge is 0.408 e. The number of nitrogens with two attached hydrogens (primary N) is 1. The Morgan fingerprint density at radius 3 is 2.29 bits per heavy atom. The average molecular weight is 537 g/mol. The van der Waals surface area contributed by atoms with E-state index in [2.05, 4.69) is 10.6 Å². The van der Waals surface area contributed by atoms with Crippen molar-refractivity contribution in [3.8, 4) is 0 Å². The van der Waals surface area contributed by atoms with E-state index in [1.165, 1.54) is 0 Å². The van der Waals surface area contributed by atoms with Crippen molar-refractivity contribution >= 4 is 29.8 Å². The monoisotopic (exact) mass is 536 g/mol. The van der Waals surface area contributed by atoms with Crippen LogP contribution in [0.1, 0.15) is 63.3 Å².